The molecule has 2 heteroatoms. The van der Waals surface area contributed by atoms with E-state index in [4.69, 9.17) is 0 Å². The molecule has 0 unspecified atom stereocenters. The van der Waals surface area contributed by atoms with E-state index in [1.807, 2.05) is 18.0 Å². The van der Waals surface area contributed by atoms with Crippen LogP contribution in [0, 0.1) is 6.92 Å². The summed E-state index contributed by atoms with van der Waals surface area (Å²) in [5.41, 5.74) is 9.54. The Hall–Kier alpha value is -4.14. The number of fused-ring (bicyclic) bond motifs is 2. The minimum Gasteiger partial charge on any atom is -0.264 e. The highest BCUT2D eigenvalue weighted by atomic mass is 32.2. The summed E-state index contributed by atoms with van der Waals surface area (Å²) >= 11 is 1.85. The fourth-order valence-electron chi connectivity index (χ4n) is 6.35. The molecule has 0 saturated heterocycles. The second-order valence-electron chi connectivity index (χ2n) is 10.4. The van der Waals surface area contributed by atoms with Crippen LogP contribution < -0.4 is 0 Å². The van der Waals surface area contributed by atoms with E-state index in [1.54, 1.807) is 0 Å². The summed E-state index contributed by atoms with van der Waals surface area (Å²) in [6.45, 7) is 2.14. The Morgan fingerprint density at radius 1 is 0.711 bits per heavy atom. The molecule has 0 aliphatic heterocycles. The van der Waals surface area contributed by atoms with E-state index in [1.165, 1.54) is 81.1 Å². The van der Waals surface area contributed by atoms with E-state index in [0.717, 1.165) is 12.8 Å². The molecule has 0 radical (unpaired) electrons. The van der Waals surface area contributed by atoms with Gasteiger partial charge < -0.3 is 0 Å². The number of hydrogen-bond acceptors (Lipinski definition) is 2. The molecular formula is C36H25NS. The van der Waals surface area contributed by atoms with Crippen molar-refractivity contribution in [1.29, 1.82) is 0 Å². The van der Waals surface area contributed by atoms with Crippen LogP contribution in [0.1, 0.15) is 28.7 Å². The van der Waals surface area contributed by atoms with Crippen molar-refractivity contribution in [2.24, 2.45) is 0 Å². The van der Waals surface area contributed by atoms with Crippen molar-refractivity contribution in [3.8, 4) is 11.1 Å². The smallest absolute Gasteiger partial charge is 0.0353 e. The number of hydrogen-bond donors (Lipinski definition) is 0. The van der Waals surface area contributed by atoms with Gasteiger partial charge >= 0.3 is 0 Å². The monoisotopic (exact) mass is 503 g/mol. The molecule has 1 heterocycles. The lowest BCUT2D eigenvalue weighted by molar-refractivity contribution is 1.23. The molecule has 2 aliphatic carbocycles. The van der Waals surface area contributed by atoms with Crippen LogP contribution in [-0.4, -0.2) is 4.98 Å². The molecule has 0 atom stereocenters. The van der Waals surface area contributed by atoms with Gasteiger partial charge in [-0.05, 0) is 98.3 Å². The molecule has 0 spiro atoms. The number of aryl methyl sites for hydroxylation is 1. The first kappa shape index (κ1) is 21.9. The largest absolute Gasteiger partial charge is 0.264 e. The summed E-state index contributed by atoms with van der Waals surface area (Å²) in [4.78, 5) is 7.17. The van der Waals surface area contributed by atoms with Crippen LogP contribution >= 0.6 is 11.8 Å². The molecule has 6 aromatic rings. The SMILES string of the molecule is Cc1ccc(Sc2c3ccccc3c(-c3ccc4c5c6c(ccc35)C=CCC6=CC4)c3cnccc23)cc1. The van der Waals surface area contributed by atoms with Crippen molar-refractivity contribution in [2.45, 2.75) is 29.6 Å². The van der Waals surface area contributed by atoms with Crippen LogP contribution in [-0.2, 0) is 6.42 Å². The second kappa shape index (κ2) is 8.44. The zero-order valence-corrected chi connectivity index (χ0v) is 22.0. The molecule has 0 saturated carbocycles. The topological polar surface area (TPSA) is 12.9 Å². The third-order valence-electron chi connectivity index (χ3n) is 8.11. The van der Waals surface area contributed by atoms with Crippen LogP contribution in [0.3, 0.4) is 0 Å². The highest BCUT2D eigenvalue weighted by Crippen LogP contribution is 2.48. The Balaban J connectivity index is 1.46. The average molecular weight is 504 g/mol. The van der Waals surface area contributed by atoms with E-state index in [2.05, 4.69) is 115 Å². The zero-order valence-electron chi connectivity index (χ0n) is 21.2. The third kappa shape index (κ3) is 3.23. The maximum Gasteiger partial charge on any atom is 0.0353 e. The van der Waals surface area contributed by atoms with E-state index in [0.29, 0.717) is 0 Å². The van der Waals surface area contributed by atoms with Crippen molar-refractivity contribution in [3.63, 3.8) is 0 Å². The summed E-state index contributed by atoms with van der Waals surface area (Å²) < 4.78 is 0. The van der Waals surface area contributed by atoms with Gasteiger partial charge in [0.2, 0.25) is 0 Å². The van der Waals surface area contributed by atoms with Crippen molar-refractivity contribution in [3.05, 3.63) is 126 Å². The maximum atomic E-state index is 4.63. The maximum absolute atomic E-state index is 4.63. The van der Waals surface area contributed by atoms with Crippen LogP contribution in [0.4, 0.5) is 0 Å². The first-order chi connectivity index (χ1) is 18.8. The van der Waals surface area contributed by atoms with Crippen molar-refractivity contribution in [2.75, 3.05) is 0 Å². The van der Waals surface area contributed by atoms with Crippen molar-refractivity contribution >= 4 is 55.7 Å². The molecular weight excluding hydrogens is 478 g/mol. The molecule has 0 N–H and O–H groups in total. The van der Waals surface area contributed by atoms with E-state index < -0.39 is 0 Å². The Morgan fingerprint density at radius 3 is 2.45 bits per heavy atom. The molecule has 0 bridgehead atoms. The van der Waals surface area contributed by atoms with Gasteiger partial charge in [-0.2, -0.15) is 0 Å². The lowest BCUT2D eigenvalue weighted by Gasteiger charge is -2.25. The minimum atomic E-state index is 1.01. The molecule has 0 fully saturated rings. The Kier molecular flexibility index (Phi) is 4.86. The minimum absolute atomic E-state index is 1.01. The van der Waals surface area contributed by atoms with Gasteiger partial charge in [-0.1, -0.05) is 96.2 Å². The fourth-order valence-corrected chi connectivity index (χ4v) is 7.43. The molecule has 2 aliphatic rings. The van der Waals surface area contributed by atoms with Gasteiger partial charge in [0.25, 0.3) is 0 Å². The lowest BCUT2D eigenvalue weighted by Crippen LogP contribution is -2.03. The summed E-state index contributed by atoms with van der Waals surface area (Å²) in [5, 5.41) is 7.81. The van der Waals surface area contributed by atoms with Crippen LogP contribution in [0.25, 0.3) is 55.1 Å². The third-order valence-corrected chi connectivity index (χ3v) is 9.26. The number of aromatic nitrogens is 1. The van der Waals surface area contributed by atoms with E-state index in [-0.39, 0.29) is 0 Å². The summed E-state index contributed by atoms with van der Waals surface area (Å²) in [5.74, 6) is 0. The molecule has 1 nitrogen and oxygen atoms in total. The Labute approximate surface area is 226 Å². The van der Waals surface area contributed by atoms with Crippen LogP contribution in [0.5, 0.6) is 0 Å². The fraction of sp³-hybridized carbons (Fsp3) is 0.0833. The normalized spacial score (nSPS) is 13.9. The van der Waals surface area contributed by atoms with Crippen molar-refractivity contribution < 1.29 is 0 Å². The summed E-state index contributed by atoms with van der Waals surface area (Å²) in [6.07, 6.45) is 13.0. The second-order valence-corrected chi connectivity index (χ2v) is 11.4. The van der Waals surface area contributed by atoms with E-state index in [9.17, 15) is 0 Å². The summed E-state index contributed by atoms with van der Waals surface area (Å²) in [6, 6.07) is 29.3. The molecule has 180 valence electrons. The molecule has 5 aromatic carbocycles. The number of nitrogens with zero attached hydrogens (tertiary/aromatic N) is 1. The first-order valence-corrected chi connectivity index (χ1v) is 14.1. The van der Waals surface area contributed by atoms with Gasteiger partial charge in [-0.25, -0.2) is 0 Å². The van der Waals surface area contributed by atoms with Crippen LogP contribution in [0.2, 0.25) is 0 Å². The van der Waals surface area contributed by atoms with Gasteiger partial charge in [0.1, 0.15) is 0 Å². The van der Waals surface area contributed by atoms with Gasteiger partial charge in [0, 0.05) is 27.6 Å². The molecule has 8 rings (SSSR count). The number of pyridine rings is 1. The molecule has 38 heavy (non-hydrogen) atoms. The Morgan fingerprint density at radius 2 is 1.55 bits per heavy atom. The van der Waals surface area contributed by atoms with Gasteiger partial charge in [-0.3, -0.25) is 4.98 Å². The highest BCUT2D eigenvalue weighted by molar-refractivity contribution is 7.99. The average Bonchev–Trinajstić information content (AvgIpc) is 2.97. The lowest BCUT2D eigenvalue weighted by atomic mass is 9.79. The van der Waals surface area contributed by atoms with Crippen molar-refractivity contribution in [1.82, 2.24) is 4.98 Å². The first-order valence-electron chi connectivity index (χ1n) is 13.2. The van der Waals surface area contributed by atoms with Gasteiger partial charge in [-0.15, -0.1) is 0 Å². The predicted molar refractivity (Wildman–Crippen MR) is 163 cm³/mol. The number of allylic oxidation sites excluding steroid dienone is 3. The molecule has 0 amide bonds. The number of benzene rings is 5. The Bertz CT molecular complexity index is 1940. The van der Waals surface area contributed by atoms with Gasteiger partial charge in [0.15, 0.2) is 0 Å². The standard InChI is InChI=1S/C36H25NS/c1-22-9-15-26(16-10-22)38-36-30-8-3-2-7-27(30)35(32-21-37-20-19-31(32)36)29-18-14-25-12-11-23-5-4-6-24-13-17-28(29)34(25)33(23)24/h2-4,6-11,13-21H,5,12H2,1H3. The quantitative estimate of drug-likeness (QED) is 0.223. The van der Waals surface area contributed by atoms with Gasteiger partial charge in [0.05, 0.1) is 0 Å². The van der Waals surface area contributed by atoms with E-state index >= 15 is 0 Å². The predicted octanol–water partition coefficient (Wildman–Crippen LogP) is 10.0. The highest BCUT2D eigenvalue weighted by Gasteiger charge is 2.23. The zero-order chi connectivity index (χ0) is 25.2. The molecule has 1 aromatic heterocycles. The number of rotatable bonds is 3. The van der Waals surface area contributed by atoms with Crippen LogP contribution in [0.15, 0.2) is 113 Å². The summed E-state index contributed by atoms with van der Waals surface area (Å²) in [7, 11) is 0.